The zero-order valence-electron chi connectivity index (χ0n) is 11.6. The Balaban J connectivity index is 3.03. The van der Waals surface area contributed by atoms with Crippen molar-refractivity contribution in [1.29, 1.82) is 0 Å². The molecular weight excluding hydrogens is 196 g/mol. The Morgan fingerprint density at radius 2 is 1.38 bits per heavy atom. The summed E-state index contributed by atoms with van der Waals surface area (Å²) in [7, 11) is 4.11. The molecule has 0 aromatic rings. The Labute approximate surface area is 103 Å². The summed E-state index contributed by atoms with van der Waals surface area (Å²) in [4.78, 5) is 0. The van der Waals surface area contributed by atoms with Crippen molar-refractivity contribution in [2.24, 2.45) is 0 Å². The molecule has 0 aliphatic heterocycles. The minimum atomic E-state index is 0.746. The lowest BCUT2D eigenvalue weighted by atomic mass is 10.0. The van der Waals surface area contributed by atoms with Gasteiger partial charge in [-0.15, -0.1) is 0 Å². The van der Waals surface area contributed by atoms with E-state index in [-0.39, 0.29) is 0 Å². The topological polar surface area (TPSA) is 24.1 Å². The monoisotopic (exact) mass is 228 g/mol. The molecule has 0 aliphatic rings. The van der Waals surface area contributed by atoms with Crippen LogP contribution in [0.4, 0.5) is 0 Å². The lowest BCUT2D eigenvalue weighted by molar-refractivity contribution is 0.470. The van der Waals surface area contributed by atoms with Crippen LogP contribution in [0.1, 0.15) is 64.7 Å². The van der Waals surface area contributed by atoms with Crippen LogP contribution in [-0.4, -0.2) is 26.7 Å². The third-order valence-electron chi connectivity index (χ3n) is 3.38. The van der Waals surface area contributed by atoms with Crippen LogP contribution in [0.15, 0.2) is 0 Å². The van der Waals surface area contributed by atoms with Crippen LogP contribution < -0.4 is 10.6 Å². The van der Waals surface area contributed by atoms with Gasteiger partial charge in [-0.25, -0.2) is 0 Å². The molecule has 0 aromatic heterocycles. The molecule has 2 heteroatoms. The highest BCUT2D eigenvalue weighted by Gasteiger charge is 2.01. The Kier molecular flexibility index (Phi) is 12.9. The molecule has 0 aliphatic carbocycles. The second-order valence-electron chi connectivity index (χ2n) is 4.76. The minimum Gasteiger partial charge on any atom is -0.320 e. The molecule has 0 spiro atoms. The highest BCUT2D eigenvalue weighted by atomic mass is 14.9. The van der Waals surface area contributed by atoms with Crippen molar-refractivity contribution in [3.8, 4) is 0 Å². The van der Waals surface area contributed by atoms with Gasteiger partial charge in [0.05, 0.1) is 0 Å². The Morgan fingerprint density at radius 1 is 0.812 bits per heavy atom. The first kappa shape index (κ1) is 15.9. The molecule has 98 valence electrons. The van der Waals surface area contributed by atoms with E-state index in [1.54, 1.807) is 0 Å². The first-order valence-electron chi connectivity index (χ1n) is 7.17. The molecule has 16 heavy (non-hydrogen) atoms. The van der Waals surface area contributed by atoms with Crippen LogP contribution >= 0.6 is 0 Å². The van der Waals surface area contributed by atoms with Gasteiger partial charge in [-0.05, 0) is 39.9 Å². The van der Waals surface area contributed by atoms with Crippen LogP contribution in [-0.2, 0) is 0 Å². The van der Waals surface area contributed by atoms with E-state index < -0.39 is 0 Å². The van der Waals surface area contributed by atoms with Crippen molar-refractivity contribution in [1.82, 2.24) is 10.6 Å². The maximum atomic E-state index is 3.37. The molecule has 0 aromatic carbocycles. The number of nitrogens with one attached hydrogen (secondary N) is 2. The highest BCUT2D eigenvalue weighted by molar-refractivity contribution is 4.61. The van der Waals surface area contributed by atoms with E-state index >= 15 is 0 Å². The molecule has 0 saturated heterocycles. The van der Waals surface area contributed by atoms with Crippen molar-refractivity contribution < 1.29 is 0 Å². The fourth-order valence-corrected chi connectivity index (χ4v) is 2.13. The van der Waals surface area contributed by atoms with Crippen molar-refractivity contribution >= 4 is 0 Å². The first-order chi connectivity index (χ1) is 7.85. The molecule has 0 heterocycles. The molecule has 0 fully saturated rings. The third-order valence-corrected chi connectivity index (χ3v) is 3.38. The molecule has 1 atom stereocenters. The smallest absolute Gasteiger partial charge is 0.00614 e. The van der Waals surface area contributed by atoms with Gasteiger partial charge in [0.1, 0.15) is 0 Å². The number of hydrogen-bond donors (Lipinski definition) is 2. The normalized spacial score (nSPS) is 12.9. The molecule has 0 rings (SSSR count). The van der Waals surface area contributed by atoms with Crippen LogP contribution in [0.25, 0.3) is 0 Å². The fourth-order valence-electron chi connectivity index (χ4n) is 2.13. The van der Waals surface area contributed by atoms with Crippen LogP contribution in [0.3, 0.4) is 0 Å². The molecule has 1 unspecified atom stereocenters. The molecule has 0 saturated carbocycles. The molecule has 0 bridgehead atoms. The van der Waals surface area contributed by atoms with Gasteiger partial charge < -0.3 is 10.6 Å². The molecular formula is C14H32N2. The zero-order valence-corrected chi connectivity index (χ0v) is 11.6. The van der Waals surface area contributed by atoms with Gasteiger partial charge >= 0.3 is 0 Å². The fraction of sp³-hybridized carbons (Fsp3) is 1.00. The molecule has 2 N–H and O–H groups in total. The van der Waals surface area contributed by atoms with Crippen molar-refractivity contribution in [2.45, 2.75) is 70.8 Å². The largest absolute Gasteiger partial charge is 0.320 e. The second kappa shape index (κ2) is 13.0. The standard InChI is InChI=1S/C14H32N2/c1-4-14(16-3)12-10-8-6-5-7-9-11-13-15-2/h14-16H,4-13H2,1-3H3. The maximum absolute atomic E-state index is 3.37. The predicted octanol–water partition coefficient (Wildman–Crippen LogP) is 3.32. The summed E-state index contributed by atoms with van der Waals surface area (Å²) in [6, 6.07) is 0.746. The van der Waals surface area contributed by atoms with Crippen LogP contribution in [0.5, 0.6) is 0 Å². The van der Waals surface area contributed by atoms with E-state index in [4.69, 9.17) is 0 Å². The van der Waals surface area contributed by atoms with Crippen molar-refractivity contribution in [3.05, 3.63) is 0 Å². The van der Waals surface area contributed by atoms with Gasteiger partial charge in [-0.3, -0.25) is 0 Å². The summed E-state index contributed by atoms with van der Waals surface area (Å²) in [5.41, 5.74) is 0. The van der Waals surface area contributed by atoms with Gasteiger partial charge in [0.2, 0.25) is 0 Å². The van der Waals surface area contributed by atoms with E-state index in [0.29, 0.717) is 0 Å². The maximum Gasteiger partial charge on any atom is 0.00614 e. The lowest BCUT2D eigenvalue weighted by Gasteiger charge is -2.12. The van der Waals surface area contributed by atoms with E-state index in [2.05, 4.69) is 24.6 Å². The summed E-state index contributed by atoms with van der Waals surface area (Å²) in [5, 5.41) is 6.57. The van der Waals surface area contributed by atoms with Crippen molar-refractivity contribution in [2.75, 3.05) is 20.6 Å². The van der Waals surface area contributed by atoms with Gasteiger partial charge in [0.15, 0.2) is 0 Å². The Bertz CT molecular complexity index is 122. The van der Waals surface area contributed by atoms with Crippen LogP contribution in [0.2, 0.25) is 0 Å². The van der Waals surface area contributed by atoms with Crippen LogP contribution in [0, 0.1) is 0 Å². The first-order valence-corrected chi connectivity index (χ1v) is 7.17. The van der Waals surface area contributed by atoms with Gasteiger partial charge in [-0.2, -0.15) is 0 Å². The average Bonchev–Trinajstić information content (AvgIpc) is 2.32. The second-order valence-corrected chi connectivity index (χ2v) is 4.76. The average molecular weight is 228 g/mol. The summed E-state index contributed by atoms with van der Waals surface area (Å²) < 4.78 is 0. The zero-order chi connectivity index (χ0) is 12.1. The molecule has 2 nitrogen and oxygen atoms in total. The van der Waals surface area contributed by atoms with E-state index in [1.165, 1.54) is 64.3 Å². The van der Waals surface area contributed by atoms with Gasteiger partial charge in [0, 0.05) is 6.04 Å². The summed E-state index contributed by atoms with van der Waals surface area (Å²) in [6.45, 7) is 3.45. The minimum absolute atomic E-state index is 0.746. The van der Waals surface area contributed by atoms with Crippen molar-refractivity contribution in [3.63, 3.8) is 0 Å². The Hall–Kier alpha value is -0.0800. The number of unbranched alkanes of at least 4 members (excludes halogenated alkanes) is 6. The quantitative estimate of drug-likeness (QED) is 0.501. The van der Waals surface area contributed by atoms with Gasteiger partial charge in [0.25, 0.3) is 0 Å². The third kappa shape index (κ3) is 10.4. The molecule has 0 radical (unpaired) electrons. The predicted molar refractivity (Wildman–Crippen MR) is 74.0 cm³/mol. The SMILES string of the molecule is CCC(CCCCCCCCCNC)NC. The highest BCUT2D eigenvalue weighted by Crippen LogP contribution is 2.10. The van der Waals surface area contributed by atoms with Gasteiger partial charge in [-0.1, -0.05) is 45.4 Å². The van der Waals surface area contributed by atoms with E-state index in [9.17, 15) is 0 Å². The summed E-state index contributed by atoms with van der Waals surface area (Å²) in [6.07, 6.45) is 12.5. The number of rotatable bonds is 12. The number of hydrogen-bond acceptors (Lipinski definition) is 2. The summed E-state index contributed by atoms with van der Waals surface area (Å²) in [5.74, 6) is 0. The molecule has 0 amide bonds. The lowest BCUT2D eigenvalue weighted by Crippen LogP contribution is -2.23. The van der Waals surface area contributed by atoms with E-state index in [1.807, 2.05) is 7.05 Å². The summed E-state index contributed by atoms with van der Waals surface area (Å²) >= 11 is 0. The van der Waals surface area contributed by atoms with E-state index in [0.717, 1.165) is 6.04 Å². The Morgan fingerprint density at radius 3 is 1.88 bits per heavy atom.